The monoisotopic (exact) mass is 435 g/mol. The molecule has 8 nitrogen and oxygen atoms in total. The third-order valence-electron chi connectivity index (χ3n) is 4.96. The van der Waals surface area contributed by atoms with Crippen LogP contribution >= 0.6 is 0 Å². The van der Waals surface area contributed by atoms with Gasteiger partial charge in [-0.25, -0.2) is 0 Å². The molecule has 2 N–H and O–H groups in total. The Morgan fingerprint density at radius 3 is 2.47 bits per heavy atom. The van der Waals surface area contributed by atoms with Gasteiger partial charge in [0.05, 0.1) is 19.3 Å². The average Bonchev–Trinajstić information content (AvgIpc) is 3.57. The largest absolute Gasteiger partial charge is 0.415 e. The van der Waals surface area contributed by atoms with Crippen LogP contribution < -0.4 is 10.6 Å². The van der Waals surface area contributed by atoms with Gasteiger partial charge in [-0.05, 0) is 35.4 Å². The highest BCUT2D eigenvalue weighted by atomic mass is 19.3. The van der Waals surface area contributed by atoms with E-state index in [1.807, 2.05) is 53.5 Å². The zero-order chi connectivity index (χ0) is 21.9. The number of aliphatic imine (C=N–C) groups is 1. The van der Waals surface area contributed by atoms with Gasteiger partial charge in [-0.15, -0.1) is 10.2 Å². The molecule has 162 valence electrons. The van der Waals surface area contributed by atoms with E-state index in [0.717, 1.165) is 41.4 Å². The molecule has 3 heterocycles. The fraction of sp³-hybridized carbons (Fsp3) is 0.182. The fourth-order valence-corrected chi connectivity index (χ4v) is 3.34. The van der Waals surface area contributed by atoms with Crippen molar-refractivity contribution in [1.82, 2.24) is 25.3 Å². The van der Waals surface area contributed by atoms with Crippen molar-refractivity contribution in [3.05, 3.63) is 72.4 Å². The van der Waals surface area contributed by atoms with E-state index in [4.69, 9.17) is 4.42 Å². The maximum Gasteiger partial charge on any atom is 0.314 e. The van der Waals surface area contributed by atoms with Crippen LogP contribution in [0.4, 0.5) is 14.5 Å². The van der Waals surface area contributed by atoms with Gasteiger partial charge in [-0.2, -0.15) is 13.9 Å². The lowest BCUT2D eigenvalue weighted by molar-refractivity contribution is 0.116. The zero-order valence-corrected chi connectivity index (χ0v) is 16.9. The van der Waals surface area contributed by atoms with E-state index >= 15 is 0 Å². The fourth-order valence-electron chi connectivity index (χ4n) is 3.34. The molecule has 0 amide bonds. The second-order valence-electron chi connectivity index (χ2n) is 7.23. The first-order valence-corrected chi connectivity index (χ1v) is 10.0. The molecule has 0 aliphatic carbocycles. The molecule has 0 fully saturated rings. The Morgan fingerprint density at radius 1 is 1.00 bits per heavy atom. The van der Waals surface area contributed by atoms with Gasteiger partial charge in [-0.3, -0.25) is 9.67 Å². The Hall–Kier alpha value is -4.08. The Kier molecular flexibility index (Phi) is 5.32. The lowest BCUT2D eigenvalue weighted by atomic mass is 10.1. The molecule has 5 rings (SSSR count). The summed E-state index contributed by atoms with van der Waals surface area (Å²) < 4.78 is 32.1. The van der Waals surface area contributed by atoms with Crippen molar-refractivity contribution < 1.29 is 13.2 Å². The molecular weight excluding hydrogens is 416 g/mol. The molecule has 0 atom stereocenters. The summed E-state index contributed by atoms with van der Waals surface area (Å²) in [5, 5.41) is 17.9. The summed E-state index contributed by atoms with van der Waals surface area (Å²) in [4.78, 5) is 4.32. The molecule has 0 radical (unpaired) electrons. The van der Waals surface area contributed by atoms with Crippen molar-refractivity contribution in [2.75, 3.05) is 18.4 Å². The average molecular weight is 435 g/mol. The van der Waals surface area contributed by atoms with Crippen molar-refractivity contribution in [1.29, 1.82) is 0 Å². The Morgan fingerprint density at radius 2 is 1.78 bits per heavy atom. The van der Waals surface area contributed by atoms with Crippen molar-refractivity contribution in [3.8, 4) is 22.6 Å². The van der Waals surface area contributed by atoms with Crippen LogP contribution in [0.3, 0.4) is 0 Å². The van der Waals surface area contributed by atoms with Crippen molar-refractivity contribution in [3.63, 3.8) is 0 Å². The van der Waals surface area contributed by atoms with Gasteiger partial charge < -0.3 is 15.1 Å². The quantitative estimate of drug-likeness (QED) is 0.476. The lowest BCUT2D eigenvalue weighted by Gasteiger charge is -2.07. The van der Waals surface area contributed by atoms with Crippen LogP contribution in [0.5, 0.6) is 0 Å². The maximum absolute atomic E-state index is 12.6. The third kappa shape index (κ3) is 4.34. The van der Waals surface area contributed by atoms with Gasteiger partial charge in [0, 0.05) is 29.6 Å². The van der Waals surface area contributed by atoms with E-state index in [2.05, 4.69) is 30.9 Å². The summed E-state index contributed by atoms with van der Waals surface area (Å²) >= 11 is 0. The van der Waals surface area contributed by atoms with Crippen LogP contribution in [-0.4, -0.2) is 39.0 Å². The zero-order valence-electron chi connectivity index (χ0n) is 16.9. The smallest absolute Gasteiger partial charge is 0.314 e. The number of aromatic nitrogens is 4. The van der Waals surface area contributed by atoms with Crippen molar-refractivity contribution in [2.45, 2.75) is 13.0 Å². The predicted octanol–water partition coefficient (Wildman–Crippen LogP) is 3.96. The van der Waals surface area contributed by atoms with Crippen LogP contribution in [0.1, 0.15) is 17.9 Å². The molecule has 4 aromatic rings. The van der Waals surface area contributed by atoms with E-state index in [0.29, 0.717) is 12.1 Å². The Balaban J connectivity index is 1.24. The summed E-state index contributed by atoms with van der Waals surface area (Å²) in [6.07, 6.45) is 1.02. The summed E-state index contributed by atoms with van der Waals surface area (Å²) in [6, 6.07) is 15.4. The maximum atomic E-state index is 12.6. The molecule has 1 aliphatic heterocycles. The van der Waals surface area contributed by atoms with Gasteiger partial charge in [0.2, 0.25) is 5.89 Å². The summed E-state index contributed by atoms with van der Waals surface area (Å²) in [7, 11) is 0. The highest BCUT2D eigenvalue weighted by Crippen LogP contribution is 2.24. The number of hydrogen-bond donors (Lipinski definition) is 2. The molecule has 10 heteroatoms. The highest BCUT2D eigenvalue weighted by molar-refractivity contribution is 5.94. The molecule has 0 saturated carbocycles. The predicted molar refractivity (Wildman–Crippen MR) is 115 cm³/mol. The number of anilines is 1. The standard InChI is InChI=1S/C22H19F2N7O/c23-19(24)21-30-29-20(32-21)16-3-1-14(2-4-16)12-31-13-17(11-27-31)15-5-7-18(8-6-15)28-22-25-9-10-26-22/h1-8,11,13,19H,9-10,12H2,(H2,25,26,28). The molecule has 2 aromatic carbocycles. The van der Waals surface area contributed by atoms with Gasteiger partial charge in [-0.1, -0.05) is 24.3 Å². The minimum absolute atomic E-state index is 0.0712. The summed E-state index contributed by atoms with van der Waals surface area (Å²) in [6.45, 7) is 2.22. The van der Waals surface area contributed by atoms with Gasteiger partial charge in [0.15, 0.2) is 5.96 Å². The molecule has 0 spiro atoms. The number of nitrogens with zero attached hydrogens (tertiary/aromatic N) is 5. The minimum atomic E-state index is -2.78. The number of guanidine groups is 1. The number of alkyl halides is 2. The van der Waals surface area contributed by atoms with Gasteiger partial charge in [0.1, 0.15) is 0 Å². The number of halogens is 2. The van der Waals surface area contributed by atoms with Gasteiger partial charge >= 0.3 is 6.43 Å². The number of hydrogen-bond acceptors (Lipinski definition) is 7. The van der Waals surface area contributed by atoms with Gasteiger partial charge in [0.25, 0.3) is 5.89 Å². The molecule has 2 aromatic heterocycles. The molecule has 1 aliphatic rings. The number of nitrogens with one attached hydrogen (secondary N) is 2. The Bertz CT molecular complexity index is 1230. The van der Waals surface area contributed by atoms with E-state index in [-0.39, 0.29) is 5.89 Å². The van der Waals surface area contributed by atoms with E-state index < -0.39 is 12.3 Å². The molecular formula is C22H19F2N7O. The minimum Gasteiger partial charge on any atom is -0.415 e. The second-order valence-corrected chi connectivity index (χ2v) is 7.23. The van der Waals surface area contributed by atoms with Crippen LogP contribution in [0, 0.1) is 0 Å². The van der Waals surface area contributed by atoms with Crippen molar-refractivity contribution in [2.24, 2.45) is 4.99 Å². The van der Waals surface area contributed by atoms with E-state index in [1.54, 1.807) is 12.1 Å². The highest BCUT2D eigenvalue weighted by Gasteiger charge is 2.17. The normalized spacial score (nSPS) is 13.3. The first-order valence-electron chi connectivity index (χ1n) is 10.0. The second kappa shape index (κ2) is 8.58. The summed E-state index contributed by atoms with van der Waals surface area (Å²) in [5.41, 5.74) is 4.62. The molecule has 0 unspecified atom stereocenters. The molecule has 0 bridgehead atoms. The van der Waals surface area contributed by atoms with Crippen LogP contribution in [0.15, 0.2) is 70.3 Å². The SMILES string of the molecule is FC(F)c1nnc(-c2ccc(Cn3cc(-c4ccc(NC5=NCCN5)cc4)cn3)cc2)o1. The first-order chi connectivity index (χ1) is 15.6. The lowest BCUT2D eigenvalue weighted by Crippen LogP contribution is -2.26. The number of benzene rings is 2. The van der Waals surface area contributed by atoms with Crippen LogP contribution in [0.25, 0.3) is 22.6 Å². The summed E-state index contributed by atoms with van der Waals surface area (Å²) in [5.74, 6) is 0.188. The first kappa shape index (κ1) is 19.9. The van der Waals surface area contributed by atoms with E-state index in [9.17, 15) is 8.78 Å². The third-order valence-corrected chi connectivity index (χ3v) is 4.96. The van der Waals surface area contributed by atoms with Crippen LogP contribution in [0.2, 0.25) is 0 Å². The number of rotatable bonds is 6. The topological polar surface area (TPSA) is 93.2 Å². The van der Waals surface area contributed by atoms with Crippen molar-refractivity contribution >= 4 is 11.6 Å². The molecule has 0 saturated heterocycles. The van der Waals surface area contributed by atoms with E-state index in [1.165, 1.54) is 0 Å². The molecule has 32 heavy (non-hydrogen) atoms. The Labute approximate surface area is 182 Å². The van der Waals surface area contributed by atoms with Crippen LogP contribution in [-0.2, 0) is 6.54 Å².